The van der Waals surface area contributed by atoms with Gasteiger partial charge in [0.25, 0.3) is 5.91 Å². The van der Waals surface area contributed by atoms with E-state index >= 15 is 0 Å². The number of benzene rings is 1. The molecule has 1 amide bonds. The largest absolute Gasteiger partial charge is 0.388 e. The molecular formula is C16H24N2O. The molecule has 1 aliphatic carbocycles. The molecule has 0 spiro atoms. The number of hydrogen-bond donors (Lipinski definition) is 1. The van der Waals surface area contributed by atoms with Crippen LogP contribution >= 0.6 is 0 Å². The van der Waals surface area contributed by atoms with Gasteiger partial charge in [0.05, 0.1) is 0 Å². The van der Waals surface area contributed by atoms with E-state index in [1.165, 1.54) is 12.8 Å². The van der Waals surface area contributed by atoms with Crippen LogP contribution in [-0.4, -0.2) is 30.4 Å². The lowest BCUT2D eigenvalue weighted by atomic mass is 10.1. The van der Waals surface area contributed by atoms with Crippen LogP contribution in [0.5, 0.6) is 0 Å². The van der Waals surface area contributed by atoms with E-state index in [-0.39, 0.29) is 11.9 Å². The molecule has 0 atom stereocenters. The number of nitrogens with zero attached hydrogens (tertiary/aromatic N) is 1. The van der Waals surface area contributed by atoms with Crippen LogP contribution in [0.25, 0.3) is 0 Å². The molecule has 0 aliphatic heterocycles. The summed E-state index contributed by atoms with van der Waals surface area (Å²) in [6, 6.07) is 6.15. The molecule has 1 saturated carbocycles. The van der Waals surface area contributed by atoms with Crippen LogP contribution in [0.4, 0.5) is 5.69 Å². The summed E-state index contributed by atoms with van der Waals surface area (Å²) >= 11 is 0. The molecule has 1 fully saturated rings. The molecule has 0 bridgehead atoms. The second-order valence-corrected chi connectivity index (χ2v) is 5.77. The number of carbonyl (C=O) groups excluding carboxylic acids is 1. The van der Waals surface area contributed by atoms with Crippen molar-refractivity contribution in [2.45, 2.75) is 39.7 Å². The van der Waals surface area contributed by atoms with E-state index in [2.05, 4.69) is 19.2 Å². The second kappa shape index (κ2) is 5.64. The average molecular weight is 260 g/mol. The maximum absolute atomic E-state index is 12.6. The summed E-state index contributed by atoms with van der Waals surface area (Å²) in [4.78, 5) is 14.6. The number of aryl methyl sites for hydroxylation is 1. The first-order chi connectivity index (χ1) is 9.02. The van der Waals surface area contributed by atoms with Crippen molar-refractivity contribution in [1.29, 1.82) is 0 Å². The van der Waals surface area contributed by atoms with Gasteiger partial charge in [-0.15, -0.1) is 0 Å². The summed E-state index contributed by atoms with van der Waals surface area (Å²) in [6.07, 6.45) is 2.54. The van der Waals surface area contributed by atoms with Crippen LogP contribution < -0.4 is 5.32 Å². The Labute approximate surface area is 116 Å². The molecule has 0 saturated heterocycles. The highest BCUT2D eigenvalue weighted by atomic mass is 16.2. The molecule has 0 radical (unpaired) electrons. The molecule has 3 heteroatoms. The number of hydrogen-bond acceptors (Lipinski definition) is 2. The first-order valence-corrected chi connectivity index (χ1v) is 7.12. The number of rotatable bonds is 5. The number of amides is 1. The summed E-state index contributed by atoms with van der Waals surface area (Å²) in [5.41, 5.74) is 2.99. The number of anilines is 1. The van der Waals surface area contributed by atoms with Gasteiger partial charge in [0.2, 0.25) is 0 Å². The minimum Gasteiger partial charge on any atom is -0.388 e. The van der Waals surface area contributed by atoms with E-state index in [0.29, 0.717) is 0 Å². The summed E-state index contributed by atoms with van der Waals surface area (Å²) in [5, 5.41) is 3.13. The fraction of sp³-hybridized carbons (Fsp3) is 0.562. The van der Waals surface area contributed by atoms with Gasteiger partial charge in [-0.25, -0.2) is 0 Å². The first kappa shape index (κ1) is 13.9. The third kappa shape index (κ3) is 3.28. The highest BCUT2D eigenvalue weighted by Gasteiger charge is 2.28. The highest BCUT2D eigenvalue weighted by Crippen LogP contribution is 2.31. The van der Waals surface area contributed by atoms with Gasteiger partial charge in [-0.2, -0.15) is 0 Å². The molecule has 0 unspecified atom stereocenters. The minimum absolute atomic E-state index is 0.160. The van der Waals surface area contributed by atoms with E-state index in [0.717, 1.165) is 29.3 Å². The Morgan fingerprint density at radius 3 is 2.58 bits per heavy atom. The predicted molar refractivity (Wildman–Crippen MR) is 79.6 cm³/mol. The SMILES string of the molecule is CNc1ccc(C(=O)N(CC2CC2)C(C)C)cc1C. The van der Waals surface area contributed by atoms with Crippen molar-refractivity contribution >= 4 is 11.6 Å². The fourth-order valence-electron chi connectivity index (χ4n) is 2.35. The maximum Gasteiger partial charge on any atom is 0.254 e. The Morgan fingerprint density at radius 1 is 1.42 bits per heavy atom. The monoisotopic (exact) mass is 260 g/mol. The van der Waals surface area contributed by atoms with Gasteiger partial charge in [0.15, 0.2) is 0 Å². The third-order valence-electron chi connectivity index (χ3n) is 3.78. The van der Waals surface area contributed by atoms with Crippen molar-refractivity contribution in [2.75, 3.05) is 18.9 Å². The number of nitrogens with one attached hydrogen (secondary N) is 1. The molecule has 1 aromatic carbocycles. The van der Waals surface area contributed by atoms with Crippen molar-refractivity contribution in [1.82, 2.24) is 4.90 Å². The Kier molecular flexibility index (Phi) is 4.13. The Hall–Kier alpha value is -1.51. The molecule has 0 heterocycles. The average Bonchev–Trinajstić information content (AvgIpc) is 3.18. The Balaban J connectivity index is 2.18. The second-order valence-electron chi connectivity index (χ2n) is 5.77. The lowest BCUT2D eigenvalue weighted by molar-refractivity contribution is 0.0696. The van der Waals surface area contributed by atoms with Gasteiger partial charge >= 0.3 is 0 Å². The van der Waals surface area contributed by atoms with E-state index in [1.807, 2.05) is 37.1 Å². The van der Waals surface area contributed by atoms with Crippen LogP contribution in [-0.2, 0) is 0 Å². The summed E-state index contributed by atoms with van der Waals surface area (Å²) < 4.78 is 0. The smallest absolute Gasteiger partial charge is 0.254 e. The minimum atomic E-state index is 0.160. The van der Waals surface area contributed by atoms with Crippen LogP contribution in [0, 0.1) is 12.8 Å². The van der Waals surface area contributed by atoms with Crippen LogP contribution in [0.1, 0.15) is 42.6 Å². The van der Waals surface area contributed by atoms with Gasteiger partial charge < -0.3 is 10.2 Å². The van der Waals surface area contributed by atoms with Crippen molar-refractivity contribution < 1.29 is 4.79 Å². The van der Waals surface area contributed by atoms with Gasteiger partial charge in [-0.1, -0.05) is 0 Å². The molecule has 2 rings (SSSR count). The molecule has 1 aliphatic rings. The topological polar surface area (TPSA) is 32.3 Å². The van der Waals surface area contributed by atoms with Crippen molar-refractivity contribution in [3.05, 3.63) is 29.3 Å². The molecule has 104 valence electrons. The van der Waals surface area contributed by atoms with E-state index in [4.69, 9.17) is 0 Å². The van der Waals surface area contributed by atoms with Crippen LogP contribution in [0.2, 0.25) is 0 Å². The zero-order valence-electron chi connectivity index (χ0n) is 12.4. The first-order valence-electron chi connectivity index (χ1n) is 7.12. The molecule has 3 nitrogen and oxygen atoms in total. The van der Waals surface area contributed by atoms with Crippen molar-refractivity contribution in [2.24, 2.45) is 5.92 Å². The normalized spacial score (nSPS) is 14.6. The van der Waals surface area contributed by atoms with Gasteiger partial charge in [0, 0.05) is 30.9 Å². The molecule has 1 N–H and O–H groups in total. The zero-order chi connectivity index (χ0) is 14.0. The fourth-order valence-corrected chi connectivity index (χ4v) is 2.35. The van der Waals surface area contributed by atoms with Crippen LogP contribution in [0.15, 0.2) is 18.2 Å². The number of carbonyl (C=O) groups is 1. The van der Waals surface area contributed by atoms with Crippen molar-refractivity contribution in [3.63, 3.8) is 0 Å². The van der Waals surface area contributed by atoms with E-state index in [9.17, 15) is 4.79 Å². The molecule has 19 heavy (non-hydrogen) atoms. The molecule has 1 aromatic rings. The summed E-state index contributed by atoms with van der Waals surface area (Å²) in [6.45, 7) is 7.12. The van der Waals surface area contributed by atoms with E-state index in [1.54, 1.807) is 0 Å². The van der Waals surface area contributed by atoms with Gasteiger partial charge in [-0.3, -0.25) is 4.79 Å². The Morgan fingerprint density at radius 2 is 2.11 bits per heavy atom. The maximum atomic E-state index is 12.6. The lowest BCUT2D eigenvalue weighted by Gasteiger charge is -2.27. The van der Waals surface area contributed by atoms with E-state index < -0.39 is 0 Å². The van der Waals surface area contributed by atoms with Crippen molar-refractivity contribution in [3.8, 4) is 0 Å². The molecular weight excluding hydrogens is 236 g/mol. The molecule has 0 aromatic heterocycles. The standard InChI is InChI=1S/C16H24N2O/c1-11(2)18(10-13-5-6-13)16(19)14-7-8-15(17-4)12(3)9-14/h7-9,11,13,17H,5-6,10H2,1-4H3. The quantitative estimate of drug-likeness (QED) is 0.881. The summed E-state index contributed by atoms with van der Waals surface area (Å²) in [7, 11) is 1.90. The van der Waals surface area contributed by atoms with Crippen LogP contribution in [0.3, 0.4) is 0 Å². The van der Waals surface area contributed by atoms with Gasteiger partial charge in [0.1, 0.15) is 0 Å². The summed E-state index contributed by atoms with van der Waals surface area (Å²) in [5.74, 6) is 0.886. The Bertz CT molecular complexity index is 464. The third-order valence-corrected chi connectivity index (χ3v) is 3.78. The highest BCUT2D eigenvalue weighted by molar-refractivity contribution is 5.95. The zero-order valence-corrected chi connectivity index (χ0v) is 12.4. The van der Waals surface area contributed by atoms with Gasteiger partial charge in [-0.05, 0) is 63.3 Å². The predicted octanol–water partition coefficient (Wildman–Crippen LogP) is 3.30. The lowest BCUT2D eigenvalue weighted by Crippen LogP contribution is -2.38.